The van der Waals surface area contributed by atoms with Crippen LogP contribution in [0.5, 0.6) is 0 Å². The number of carbonyl (C=O) groups is 2. The third-order valence-corrected chi connectivity index (χ3v) is 10.1. The molecule has 0 saturated carbocycles. The summed E-state index contributed by atoms with van der Waals surface area (Å²) in [4.78, 5) is 37.7. The average molecular weight is 781 g/mol. The number of amides is 1. The number of hydrogen-bond donors (Lipinski definition) is 1. The summed E-state index contributed by atoms with van der Waals surface area (Å²) in [6.07, 6.45) is -3.79. The van der Waals surface area contributed by atoms with E-state index in [1.165, 1.54) is 60.5 Å². The number of alkyl halides is 6. The molecule has 0 spiro atoms. The highest BCUT2D eigenvalue weighted by molar-refractivity contribution is 6.33. The fraction of sp³-hybridized carbons (Fsp3) is 0.444. The SMILES string of the molecule is CC(F)C(C)(C)CC(=O)OC[C@H](c1ccc(Cl)c(-c2ncnn2C)c1)N1C(=O)[C@@](CC(C)(C)C(F)(F)F)(c2ccc(-c3cnn(C(F)F)c3)cc2)N=C1N. The minimum atomic E-state index is -4.79. The van der Waals surface area contributed by atoms with Gasteiger partial charge in [-0.2, -0.15) is 32.1 Å². The molecule has 54 heavy (non-hydrogen) atoms. The Bertz CT molecular complexity index is 2040. The lowest BCUT2D eigenvalue weighted by Crippen LogP contribution is -2.49. The number of nitrogens with two attached hydrogens (primary N) is 1. The molecule has 3 heterocycles. The number of carbonyl (C=O) groups excluding carboxylic acids is 2. The highest BCUT2D eigenvalue weighted by Crippen LogP contribution is 2.51. The zero-order valence-electron chi connectivity index (χ0n) is 30.2. The van der Waals surface area contributed by atoms with Crippen LogP contribution in [-0.4, -0.2) is 66.2 Å². The number of halogens is 7. The fourth-order valence-corrected chi connectivity index (χ4v) is 6.30. The summed E-state index contributed by atoms with van der Waals surface area (Å²) in [6, 6.07) is 8.99. The van der Waals surface area contributed by atoms with Crippen LogP contribution in [-0.2, 0) is 26.9 Å². The highest BCUT2D eigenvalue weighted by atomic mass is 35.5. The Hall–Kier alpha value is -4.93. The number of nitrogens with zero attached hydrogens (tertiary/aromatic N) is 7. The van der Waals surface area contributed by atoms with E-state index in [2.05, 4.69) is 20.2 Å². The molecule has 0 aliphatic carbocycles. The van der Waals surface area contributed by atoms with Crippen molar-refractivity contribution in [2.75, 3.05) is 6.61 Å². The molecule has 1 unspecified atom stereocenters. The second-order valence-electron chi connectivity index (χ2n) is 14.6. The standard InChI is InChI=1S/C36H39ClF6N8O3/c1-20(38)33(2,3)14-28(52)54-17-27(22-9-12-26(37)25(13-22)29-45-19-47-49(29)6)51-30(53)35(48-32(51)44,18-34(4,5)36(41,42)43)24-10-7-21(8-11-24)23-15-46-50(16-23)31(39)40/h7-13,15-16,19-20,27,31H,14,17-18H2,1-6H3,(H2,44,48)/t20?,27-,35-/m1/s1. The van der Waals surface area contributed by atoms with Crippen LogP contribution >= 0.6 is 11.6 Å². The summed E-state index contributed by atoms with van der Waals surface area (Å²) in [6.45, 7) is 2.82. The second-order valence-corrected chi connectivity index (χ2v) is 15.0. The molecule has 0 fully saturated rings. The van der Waals surface area contributed by atoms with Crippen LogP contribution in [0.25, 0.3) is 22.5 Å². The Morgan fingerprint density at radius 2 is 1.69 bits per heavy atom. The smallest absolute Gasteiger partial charge is 0.394 e. The number of aryl methyl sites for hydroxylation is 1. The van der Waals surface area contributed by atoms with Crippen molar-refractivity contribution in [3.05, 3.63) is 77.3 Å². The van der Waals surface area contributed by atoms with Gasteiger partial charge in [0.05, 0.1) is 29.1 Å². The molecule has 5 rings (SSSR count). The fourth-order valence-electron chi connectivity index (χ4n) is 6.10. The van der Waals surface area contributed by atoms with Crippen molar-refractivity contribution in [2.45, 2.75) is 77.9 Å². The molecule has 0 bridgehead atoms. The van der Waals surface area contributed by atoms with Crippen LogP contribution in [0.15, 0.2) is 66.2 Å². The zero-order valence-corrected chi connectivity index (χ0v) is 31.0. The molecular formula is C36H39ClF6N8O3. The van der Waals surface area contributed by atoms with Crippen molar-refractivity contribution in [2.24, 2.45) is 28.6 Å². The topological polar surface area (TPSA) is 134 Å². The Morgan fingerprint density at radius 1 is 1.02 bits per heavy atom. The molecule has 1 aliphatic heterocycles. The number of aromatic nitrogens is 5. The number of hydrogen-bond acceptors (Lipinski definition) is 8. The molecule has 0 saturated heterocycles. The molecule has 2 aromatic heterocycles. The number of esters is 1. The molecule has 11 nitrogen and oxygen atoms in total. The van der Waals surface area contributed by atoms with Crippen molar-refractivity contribution in [1.82, 2.24) is 29.4 Å². The average Bonchev–Trinajstić information content (AvgIpc) is 3.80. The normalized spacial score (nSPS) is 17.9. The first kappa shape index (κ1) is 40.3. The molecule has 4 aromatic rings. The van der Waals surface area contributed by atoms with E-state index in [0.717, 1.165) is 24.9 Å². The van der Waals surface area contributed by atoms with Crippen molar-refractivity contribution in [3.8, 4) is 22.5 Å². The van der Waals surface area contributed by atoms with E-state index >= 15 is 0 Å². The van der Waals surface area contributed by atoms with Gasteiger partial charge in [0.25, 0.3) is 5.91 Å². The third kappa shape index (κ3) is 7.81. The van der Waals surface area contributed by atoms with Gasteiger partial charge in [-0.3, -0.25) is 14.5 Å². The maximum absolute atomic E-state index is 14.9. The van der Waals surface area contributed by atoms with E-state index in [-0.39, 0.29) is 17.0 Å². The highest BCUT2D eigenvalue weighted by Gasteiger charge is 2.59. The summed E-state index contributed by atoms with van der Waals surface area (Å²) in [5, 5.41) is 7.94. The second kappa shape index (κ2) is 14.7. The predicted octanol–water partition coefficient (Wildman–Crippen LogP) is 7.78. The summed E-state index contributed by atoms with van der Waals surface area (Å²) in [7, 11) is 1.62. The molecule has 1 amide bonds. The summed E-state index contributed by atoms with van der Waals surface area (Å²) >= 11 is 6.55. The molecule has 18 heteroatoms. The summed E-state index contributed by atoms with van der Waals surface area (Å²) < 4.78 is 91.8. The van der Waals surface area contributed by atoms with E-state index in [4.69, 9.17) is 22.1 Å². The molecule has 0 radical (unpaired) electrons. The molecule has 2 aromatic carbocycles. The van der Waals surface area contributed by atoms with Crippen molar-refractivity contribution in [1.29, 1.82) is 0 Å². The molecule has 2 N–H and O–H groups in total. The lowest BCUT2D eigenvalue weighted by atomic mass is 9.74. The number of aliphatic imine (C=N–C) groups is 1. The van der Waals surface area contributed by atoms with Crippen molar-refractivity contribution < 1.29 is 40.7 Å². The Labute approximate surface area is 312 Å². The van der Waals surface area contributed by atoms with Crippen molar-refractivity contribution in [3.63, 3.8) is 0 Å². The van der Waals surface area contributed by atoms with E-state index in [1.54, 1.807) is 27.0 Å². The Balaban J connectivity index is 1.61. The summed E-state index contributed by atoms with van der Waals surface area (Å²) in [5.41, 5.74) is 2.03. The van der Waals surface area contributed by atoms with E-state index in [0.29, 0.717) is 32.8 Å². The van der Waals surface area contributed by atoms with Crippen LogP contribution < -0.4 is 5.73 Å². The monoisotopic (exact) mass is 780 g/mol. The lowest BCUT2D eigenvalue weighted by molar-refractivity contribution is -0.218. The largest absolute Gasteiger partial charge is 0.463 e. The van der Waals surface area contributed by atoms with Crippen LogP contribution in [0.1, 0.15) is 71.2 Å². The van der Waals surface area contributed by atoms with E-state index < -0.39 is 72.2 Å². The van der Waals surface area contributed by atoms with Gasteiger partial charge in [0.15, 0.2) is 17.3 Å². The van der Waals surface area contributed by atoms with Gasteiger partial charge in [0.1, 0.15) is 19.1 Å². The number of ether oxygens (including phenoxy) is 1. The van der Waals surface area contributed by atoms with E-state index in [1.807, 2.05) is 0 Å². The first-order chi connectivity index (χ1) is 25.1. The predicted molar refractivity (Wildman–Crippen MR) is 188 cm³/mol. The van der Waals surface area contributed by atoms with Gasteiger partial charge in [0, 0.05) is 29.8 Å². The van der Waals surface area contributed by atoms with Gasteiger partial charge in [-0.25, -0.2) is 23.7 Å². The quantitative estimate of drug-likeness (QED) is 0.108. The molecule has 290 valence electrons. The van der Waals surface area contributed by atoms with Crippen molar-refractivity contribution >= 4 is 29.4 Å². The lowest BCUT2D eigenvalue weighted by Gasteiger charge is -2.37. The molecule has 1 aliphatic rings. The molecule has 3 atom stereocenters. The van der Waals surface area contributed by atoms with Gasteiger partial charge in [-0.15, -0.1) is 0 Å². The van der Waals surface area contributed by atoms with Gasteiger partial charge in [0.2, 0.25) is 0 Å². The number of guanidine groups is 1. The maximum atomic E-state index is 14.9. The van der Waals surface area contributed by atoms with Crippen LogP contribution in [0.2, 0.25) is 5.02 Å². The first-order valence-corrected chi connectivity index (χ1v) is 17.1. The molecular weight excluding hydrogens is 742 g/mol. The minimum Gasteiger partial charge on any atom is -0.463 e. The zero-order chi connectivity index (χ0) is 40.0. The van der Waals surface area contributed by atoms with Gasteiger partial charge >= 0.3 is 18.7 Å². The summed E-state index contributed by atoms with van der Waals surface area (Å²) in [5.74, 6) is -1.88. The van der Waals surface area contributed by atoms with Gasteiger partial charge in [-0.05, 0) is 42.2 Å². The first-order valence-electron chi connectivity index (χ1n) is 16.7. The van der Waals surface area contributed by atoms with Gasteiger partial charge in [-0.1, -0.05) is 69.6 Å². The number of rotatable bonds is 13. The van der Waals surface area contributed by atoms with Crippen LogP contribution in [0, 0.1) is 10.8 Å². The van der Waals surface area contributed by atoms with E-state index in [9.17, 15) is 35.9 Å². The Kier molecular flexibility index (Phi) is 11.0. The van der Waals surface area contributed by atoms with Gasteiger partial charge < -0.3 is 10.5 Å². The van der Waals surface area contributed by atoms with Crippen LogP contribution in [0.4, 0.5) is 26.3 Å². The number of benzene rings is 2. The third-order valence-electron chi connectivity index (χ3n) is 9.81. The van der Waals surface area contributed by atoms with Crippen LogP contribution in [0.3, 0.4) is 0 Å². The maximum Gasteiger partial charge on any atom is 0.394 e. The Morgan fingerprint density at radius 3 is 2.24 bits per heavy atom. The minimum absolute atomic E-state index is 0.0329.